The molecule has 0 spiro atoms. The second-order valence-electron chi connectivity index (χ2n) is 6.51. The first-order valence-corrected chi connectivity index (χ1v) is 6.82. The van der Waals surface area contributed by atoms with Crippen LogP contribution in [0.5, 0.6) is 0 Å². The summed E-state index contributed by atoms with van der Waals surface area (Å²) < 4.78 is 5.40. The Hall–Kier alpha value is -0.0800. The molecule has 2 rings (SSSR count). The number of ether oxygens (including phenoxy) is 1. The quantitative estimate of drug-likeness (QED) is 0.696. The average Bonchev–Trinajstić information content (AvgIpc) is 2.41. The molecule has 2 nitrogen and oxygen atoms in total. The summed E-state index contributed by atoms with van der Waals surface area (Å²) in [6.07, 6.45) is 7.71. The third kappa shape index (κ3) is 2.78. The normalized spacial score (nSPS) is 36.9. The van der Waals surface area contributed by atoms with Crippen LogP contribution in [0.4, 0.5) is 0 Å². The summed E-state index contributed by atoms with van der Waals surface area (Å²) in [6.45, 7) is 6.36. The minimum absolute atomic E-state index is 0.391. The van der Waals surface area contributed by atoms with E-state index < -0.39 is 5.60 Å². The summed E-state index contributed by atoms with van der Waals surface area (Å²) in [5.74, 6) is 0.482. The monoisotopic (exact) mass is 226 g/mol. The van der Waals surface area contributed by atoms with Gasteiger partial charge in [-0.25, -0.2) is 0 Å². The first kappa shape index (κ1) is 12.4. The Bertz CT molecular complexity index is 231. The summed E-state index contributed by atoms with van der Waals surface area (Å²) >= 11 is 0. The van der Waals surface area contributed by atoms with Crippen LogP contribution in [0.25, 0.3) is 0 Å². The SMILES string of the molecule is CC1(C)CCCC(O)(C2CCOCC2)CC1. The lowest BCUT2D eigenvalue weighted by Crippen LogP contribution is -2.40. The van der Waals surface area contributed by atoms with E-state index in [1.807, 2.05) is 0 Å². The first-order valence-electron chi connectivity index (χ1n) is 6.82. The van der Waals surface area contributed by atoms with Gasteiger partial charge in [-0.15, -0.1) is 0 Å². The van der Waals surface area contributed by atoms with Gasteiger partial charge >= 0.3 is 0 Å². The van der Waals surface area contributed by atoms with Crippen molar-refractivity contribution in [1.29, 1.82) is 0 Å². The fourth-order valence-corrected chi connectivity index (χ4v) is 3.32. The van der Waals surface area contributed by atoms with Crippen LogP contribution in [-0.4, -0.2) is 23.9 Å². The van der Waals surface area contributed by atoms with E-state index in [4.69, 9.17) is 4.74 Å². The predicted molar refractivity (Wildman–Crippen MR) is 65.4 cm³/mol. The molecule has 0 radical (unpaired) electrons. The van der Waals surface area contributed by atoms with Crippen molar-refractivity contribution in [1.82, 2.24) is 0 Å². The molecular formula is C14H26O2. The van der Waals surface area contributed by atoms with E-state index in [1.165, 1.54) is 19.3 Å². The lowest BCUT2D eigenvalue weighted by Gasteiger charge is -2.38. The Morgan fingerprint density at radius 3 is 2.38 bits per heavy atom. The zero-order valence-electron chi connectivity index (χ0n) is 10.8. The highest BCUT2D eigenvalue weighted by Crippen LogP contribution is 2.43. The molecule has 1 saturated carbocycles. The largest absolute Gasteiger partial charge is 0.390 e. The highest BCUT2D eigenvalue weighted by Gasteiger charge is 2.40. The van der Waals surface area contributed by atoms with Gasteiger partial charge in [0.1, 0.15) is 0 Å². The Labute approximate surface area is 99.4 Å². The highest BCUT2D eigenvalue weighted by atomic mass is 16.5. The van der Waals surface area contributed by atoms with Crippen molar-refractivity contribution in [3.63, 3.8) is 0 Å². The van der Waals surface area contributed by atoms with Crippen molar-refractivity contribution < 1.29 is 9.84 Å². The minimum atomic E-state index is -0.391. The molecule has 1 aliphatic carbocycles. The Morgan fingerprint density at radius 1 is 1.00 bits per heavy atom. The van der Waals surface area contributed by atoms with Crippen LogP contribution >= 0.6 is 0 Å². The maximum atomic E-state index is 10.9. The van der Waals surface area contributed by atoms with Crippen molar-refractivity contribution in [2.75, 3.05) is 13.2 Å². The van der Waals surface area contributed by atoms with Gasteiger partial charge in [0.25, 0.3) is 0 Å². The predicted octanol–water partition coefficient (Wildman–Crippen LogP) is 3.13. The third-order valence-corrected chi connectivity index (χ3v) is 4.68. The number of hydrogen-bond acceptors (Lipinski definition) is 2. The van der Waals surface area contributed by atoms with E-state index >= 15 is 0 Å². The molecule has 1 N–H and O–H groups in total. The van der Waals surface area contributed by atoms with Crippen LogP contribution in [0.1, 0.15) is 58.8 Å². The fraction of sp³-hybridized carbons (Fsp3) is 1.00. The molecule has 1 unspecified atom stereocenters. The van der Waals surface area contributed by atoms with Crippen molar-refractivity contribution in [2.45, 2.75) is 64.4 Å². The van der Waals surface area contributed by atoms with Crippen molar-refractivity contribution >= 4 is 0 Å². The fourth-order valence-electron chi connectivity index (χ4n) is 3.32. The van der Waals surface area contributed by atoms with Gasteiger partial charge in [-0.05, 0) is 49.9 Å². The zero-order valence-corrected chi connectivity index (χ0v) is 10.8. The molecular weight excluding hydrogens is 200 g/mol. The third-order valence-electron chi connectivity index (χ3n) is 4.68. The molecule has 0 bridgehead atoms. The Kier molecular flexibility index (Phi) is 3.60. The lowest BCUT2D eigenvalue weighted by molar-refractivity contribution is -0.0756. The van der Waals surface area contributed by atoms with E-state index in [2.05, 4.69) is 13.8 Å². The van der Waals surface area contributed by atoms with E-state index in [9.17, 15) is 5.11 Å². The van der Waals surface area contributed by atoms with Crippen molar-refractivity contribution in [2.24, 2.45) is 11.3 Å². The van der Waals surface area contributed by atoms with Crippen LogP contribution in [0, 0.1) is 11.3 Å². The minimum Gasteiger partial charge on any atom is -0.390 e. The van der Waals surface area contributed by atoms with Gasteiger partial charge in [0.2, 0.25) is 0 Å². The molecule has 2 heteroatoms. The van der Waals surface area contributed by atoms with Gasteiger partial charge in [-0.3, -0.25) is 0 Å². The van der Waals surface area contributed by atoms with Crippen LogP contribution in [0.15, 0.2) is 0 Å². The summed E-state index contributed by atoms with van der Waals surface area (Å²) in [7, 11) is 0. The van der Waals surface area contributed by atoms with E-state index in [0.717, 1.165) is 38.9 Å². The number of rotatable bonds is 1. The van der Waals surface area contributed by atoms with Crippen molar-refractivity contribution in [3.8, 4) is 0 Å². The van der Waals surface area contributed by atoms with Crippen LogP contribution in [0.2, 0.25) is 0 Å². The average molecular weight is 226 g/mol. The maximum absolute atomic E-state index is 10.9. The second-order valence-corrected chi connectivity index (χ2v) is 6.51. The molecule has 16 heavy (non-hydrogen) atoms. The van der Waals surface area contributed by atoms with Gasteiger partial charge in [0.05, 0.1) is 5.60 Å². The van der Waals surface area contributed by atoms with Crippen molar-refractivity contribution in [3.05, 3.63) is 0 Å². The first-order chi connectivity index (χ1) is 7.52. The molecule has 2 fully saturated rings. The van der Waals surface area contributed by atoms with Crippen LogP contribution in [-0.2, 0) is 4.74 Å². The molecule has 1 saturated heterocycles. The molecule has 0 aromatic carbocycles. The Balaban J connectivity index is 2.00. The summed E-state index contributed by atoms with van der Waals surface area (Å²) in [5.41, 5.74) is 0.0349. The maximum Gasteiger partial charge on any atom is 0.0677 e. The Morgan fingerprint density at radius 2 is 1.69 bits per heavy atom. The molecule has 0 aromatic rings. The van der Waals surface area contributed by atoms with Gasteiger partial charge in [0.15, 0.2) is 0 Å². The number of hydrogen-bond donors (Lipinski definition) is 1. The zero-order chi connectivity index (χ0) is 11.6. The van der Waals surface area contributed by atoms with E-state index in [0.29, 0.717) is 11.3 Å². The summed E-state index contributed by atoms with van der Waals surface area (Å²) in [5, 5.41) is 10.9. The molecule has 0 amide bonds. The molecule has 1 aliphatic heterocycles. The van der Waals surface area contributed by atoms with Gasteiger partial charge < -0.3 is 9.84 Å². The topological polar surface area (TPSA) is 29.5 Å². The van der Waals surface area contributed by atoms with Gasteiger partial charge in [0, 0.05) is 13.2 Å². The molecule has 1 heterocycles. The van der Waals surface area contributed by atoms with Gasteiger partial charge in [-0.1, -0.05) is 20.3 Å². The molecule has 2 aliphatic rings. The number of aliphatic hydroxyl groups is 1. The smallest absolute Gasteiger partial charge is 0.0677 e. The highest BCUT2D eigenvalue weighted by molar-refractivity contribution is 4.92. The second kappa shape index (κ2) is 4.66. The van der Waals surface area contributed by atoms with E-state index in [1.54, 1.807) is 0 Å². The molecule has 0 aromatic heterocycles. The van der Waals surface area contributed by atoms with Crippen LogP contribution < -0.4 is 0 Å². The standard InChI is InChI=1S/C14H26O2/c1-13(2)6-3-7-14(15,9-8-13)12-4-10-16-11-5-12/h12,15H,3-11H2,1-2H3. The lowest BCUT2D eigenvalue weighted by atomic mass is 9.76. The van der Waals surface area contributed by atoms with Gasteiger partial charge in [-0.2, -0.15) is 0 Å². The summed E-state index contributed by atoms with van der Waals surface area (Å²) in [6, 6.07) is 0. The molecule has 94 valence electrons. The van der Waals surface area contributed by atoms with Crippen LogP contribution in [0.3, 0.4) is 0 Å². The summed E-state index contributed by atoms with van der Waals surface area (Å²) in [4.78, 5) is 0. The molecule has 1 atom stereocenters. The van der Waals surface area contributed by atoms with E-state index in [-0.39, 0.29) is 0 Å².